The van der Waals surface area contributed by atoms with Crippen LogP contribution in [0, 0.1) is 17.8 Å². The average molecular weight is 608 g/mol. The van der Waals surface area contributed by atoms with Crippen LogP contribution in [0.1, 0.15) is 31.9 Å². The highest BCUT2D eigenvalue weighted by Crippen LogP contribution is 2.66. The molecule has 2 bridgehead atoms. The molecule has 7 atom stereocenters. The highest BCUT2D eigenvalue weighted by molar-refractivity contribution is 6.06. The lowest BCUT2D eigenvalue weighted by Gasteiger charge is -2.39. The van der Waals surface area contributed by atoms with Crippen LogP contribution in [-0.2, 0) is 19.1 Å². The van der Waals surface area contributed by atoms with Crippen LogP contribution in [-0.4, -0.2) is 76.6 Å². The molecule has 3 aliphatic rings. The maximum absolute atomic E-state index is 15.1. The van der Waals surface area contributed by atoms with E-state index in [1.165, 1.54) is 4.90 Å². The first-order valence-electron chi connectivity index (χ1n) is 15.6. The van der Waals surface area contributed by atoms with E-state index >= 15 is 4.79 Å². The first kappa shape index (κ1) is 30.7. The summed E-state index contributed by atoms with van der Waals surface area (Å²) in [5.41, 5.74) is -0.860. The molecule has 0 aromatic heterocycles. The van der Waals surface area contributed by atoms with Crippen molar-refractivity contribution in [3.63, 3.8) is 0 Å². The van der Waals surface area contributed by atoms with E-state index in [1.807, 2.05) is 86.6 Å². The Labute approximate surface area is 264 Å². The van der Waals surface area contributed by atoms with E-state index in [2.05, 4.69) is 13.2 Å². The van der Waals surface area contributed by atoms with Crippen LogP contribution in [0.15, 0.2) is 98.1 Å². The maximum atomic E-state index is 15.1. The van der Waals surface area contributed by atoms with Crippen LogP contribution in [0.2, 0.25) is 0 Å². The van der Waals surface area contributed by atoms with E-state index in [1.54, 1.807) is 29.0 Å². The number of hydrogen-bond donors (Lipinski definition) is 1. The number of ether oxygens (including phenoxy) is 1. The number of fused-ring (bicyclic) bond motifs is 2. The van der Waals surface area contributed by atoms with Gasteiger partial charge in [0, 0.05) is 25.8 Å². The summed E-state index contributed by atoms with van der Waals surface area (Å²) in [5.74, 6) is -2.71. The van der Waals surface area contributed by atoms with Gasteiger partial charge in [-0.3, -0.25) is 14.4 Å². The largest absolute Gasteiger partial charge is 0.394 e. The molecule has 1 spiro atoms. The molecule has 3 aromatic rings. The number of rotatable bonds is 10. The Hall–Kier alpha value is -4.27. The van der Waals surface area contributed by atoms with Crippen molar-refractivity contribution in [3.8, 4) is 0 Å². The quantitative estimate of drug-likeness (QED) is 0.336. The van der Waals surface area contributed by atoms with Crippen molar-refractivity contribution >= 4 is 34.2 Å². The number of amides is 3. The third-order valence-electron chi connectivity index (χ3n) is 10.3. The number of hydrogen-bond acceptors (Lipinski definition) is 5. The Kier molecular flexibility index (Phi) is 7.91. The fourth-order valence-corrected chi connectivity index (χ4v) is 8.16. The minimum Gasteiger partial charge on any atom is -0.394 e. The number of likely N-dealkylation sites (N-methyl/N-ethyl adjacent to an activating group) is 1. The maximum Gasteiger partial charge on any atom is 0.253 e. The fourth-order valence-electron chi connectivity index (χ4n) is 8.16. The summed E-state index contributed by atoms with van der Waals surface area (Å²) in [6, 6.07) is 21.1. The van der Waals surface area contributed by atoms with Gasteiger partial charge in [-0.05, 0) is 47.7 Å². The number of anilines is 1. The van der Waals surface area contributed by atoms with Crippen molar-refractivity contribution in [2.75, 3.05) is 31.6 Å². The van der Waals surface area contributed by atoms with Crippen LogP contribution in [0.4, 0.5) is 5.69 Å². The molecule has 3 heterocycles. The van der Waals surface area contributed by atoms with E-state index in [0.29, 0.717) is 24.2 Å². The third-order valence-corrected chi connectivity index (χ3v) is 10.3. The number of carbonyl (C=O) groups excluding carboxylic acids is 3. The molecular weight excluding hydrogens is 566 g/mol. The lowest BCUT2D eigenvalue weighted by Crippen LogP contribution is -2.57. The van der Waals surface area contributed by atoms with Gasteiger partial charge in [-0.15, -0.1) is 13.2 Å². The summed E-state index contributed by atoms with van der Waals surface area (Å²) in [7, 11) is 1.70. The molecule has 0 saturated carbocycles. The second-order valence-electron chi connectivity index (χ2n) is 12.8. The Morgan fingerprint density at radius 3 is 2.36 bits per heavy atom. The first-order chi connectivity index (χ1) is 21.6. The number of nitrogens with zero attached hydrogens (tertiary/aromatic N) is 3. The molecule has 3 fully saturated rings. The monoisotopic (exact) mass is 607 g/mol. The second kappa shape index (κ2) is 11.6. The van der Waals surface area contributed by atoms with Gasteiger partial charge in [0.25, 0.3) is 5.91 Å². The van der Waals surface area contributed by atoms with E-state index < -0.39 is 41.7 Å². The van der Waals surface area contributed by atoms with Crippen LogP contribution >= 0.6 is 0 Å². The number of benzene rings is 3. The Balaban J connectivity index is 1.52. The third kappa shape index (κ3) is 4.61. The minimum absolute atomic E-state index is 0.110. The predicted octanol–water partition coefficient (Wildman–Crippen LogP) is 4.75. The van der Waals surface area contributed by atoms with E-state index in [4.69, 9.17) is 4.74 Å². The summed E-state index contributed by atoms with van der Waals surface area (Å²) in [6.45, 7) is 11.8. The van der Waals surface area contributed by atoms with Gasteiger partial charge < -0.3 is 24.5 Å². The number of aliphatic hydroxyl groups excluding tert-OH is 1. The highest BCUT2D eigenvalue weighted by Gasteiger charge is 2.80. The van der Waals surface area contributed by atoms with Crippen LogP contribution < -0.4 is 4.90 Å². The molecule has 3 aromatic carbocycles. The summed E-state index contributed by atoms with van der Waals surface area (Å²) < 4.78 is 6.95. The van der Waals surface area contributed by atoms with E-state index in [0.717, 1.165) is 10.8 Å². The molecule has 3 amide bonds. The second-order valence-corrected chi connectivity index (χ2v) is 12.8. The van der Waals surface area contributed by atoms with Gasteiger partial charge in [0.2, 0.25) is 11.8 Å². The zero-order valence-corrected chi connectivity index (χ0v) is 26.1. The predicted molar refractivity (Wildman–Crippen MR) is 174 cm³/mol. The zero-order valence-electron chi connectivity index (χ0n) is 26.1. The Morgan fingerprint density at radius 2 is 1.69 bits per heavy atom. The molecule has 0 aliphatic carbocycles. The summed E-state index contributed by atoms with van der Waals surface area (Å²) in [5, 5.41) is 12.9. The lowest BCUT2D eigenvalue weighted by atomic mass is 9.62. The van der Waals surface area contributed by atoms with E-state index in [9.17, 15) is 14.7 Å². The molecule has 3 saturated heterocycles. The molecular formula is C37H41N3O5. The summed E-state index contributed by atoms with van der Waals surface area (Å²) in [6.07, 6.45) is 3.74. The standard InChI is InChI=1S/C37H41N3O5/c1-6-19-38(5)33(42)30-31-34(43)40(29(23-41)26-14-9-8-10-15-26)32(37(31)22-24(3)36(30,4)45-37)35(44)39(20-7-2)28-18-17-25-13-11-12-16-27(25)21-28/h6-18,21,24,29-32,41H,1-2,19-20,22-23H2,3-5H3/t24?,29-,30-,31+,32?,36+,37?/m1/s1. The van der Waals surface area contributed by atoms with Gasteiger partial charge >= 0.3 is 0 Å². The van der Waals surface area contributed by atoms with Gasteiger partial charge in [0.05, 0.1) is 30.1 Å². The normalized spacial score (nSPS) is 29.0. The highest BCUT2D eigenvalue weighted by atomic mass is 16.5. The van der Waals surface area contributed by atoms with Crippen LogP contribution in [0.5, 0.6) is 0 Å². The number of likely N-dealkylation sites (tertiary alicyclic amines) is 1. The first-order valence-corrected chi connectivity index (χ1v) is 15.6. The minimum atomic E-state index is -1.27. The van der Waals surface area contributed by atoms with E-state index in [-0.39, 0.29) is 30.2 Å². The molecule has 3 unspecified atom stereocenters. The Morgan fingerprint density at radius 1 is 1.02 bits per heavy atom. The van der Waals surface area contributed by atoms with Crippen LogP contribution in [0.3, 0.4) is 0 Å². The summed E-state index contributed by atoms with van der Waals surface area (Å²) >= 11 is 0. The topological polar surface area (TPSA) is 90.4 Å². The molecule has 8 nitrogen and oxygen atoms in total. The summed E-state index contributed by atoms with van der Waals surface area (Å²) in [4.78, 5) is 48.8. The van der Waals surface area contributed by atoms with Gasteiger partial charge in [-0.1, -0.05) is 79.7 Å². The molecule has 45 heavy (non-hydrogen) atoms. The fraction of sp³-hybridized carbons (Fsp3) is 0.378. The smallest absolute Gasteiger partial charge is 0.253 e. The average Bonchev–Trinajstić information content (AvgIpc) is 3.56. The zero-order chi connectivity index (χ0) is 32.1. The number of aliphatic hydroxyl groups is 1. The van der Waals surface area contributed by atoms with Gasteiger partial charge in [0.1, 0.15) is 11.6 Å². The lowest BCUT2D eigenvalue weighted by molar-refractivity contribution is -0.153. The van der Waals surface area contributed by atoms with Crippen molar-refractivity contribution in [1.29, 1.82) is 0 Å². The molecule has 6 rings (SSSR count). The van der Waals surface area contributed by atoms with Crippen molar-refractivity contribution in [2.45, 2.75) is 43.6 Å². The molecule has 8 heteroatoms. The molecule has 1 N–H and O–H groups in total. The van der Waals surface area contributed by atoms with Gasteiger partial charge in [-0.25, -0.2) is 0 Å². The van der Waals surface area contributed by atoms with Crippen molar-refractivity contribution < 1.29 is 24.2 Å². The number of carbonyl (C=O) groups is 3. The van der Waals surface area contributed by atoms with Gasteiger partial charge in [0.15, 0.2) is 0 Å². The van der Waals surface area contributed by atoms with Crippen LogP contribution in [0.25, 0.3) is 10.8 Å². The molecule has 0 radical (unpaired) electrons. The van der Waals surface area contributed by atoms with Crippen molar-refractivity contribution in [2.24, 2.45) is 17.8 Å². The molecule has 234 valence electrons. The Bertz CT molecular complexity index is 1660. The molecule has 3 aliphatic heterocycles. The van der Waals surface area contributed by atoms with Crippen molar-refractivity contribution in [1.82, 2.24) is 9.80 Å². The van der Waals surface area contributed by atoms with Gasteiger partial charge in [-0.2, -0.15) is 0 Å². The SMILES string of the molecule is C=CCN(C)C(=O)[C@H]1[C@H]2C(=O)N([C@H](CO)c3ccccc3)C(C(=O)N(CC=C)c3ccc4ccccc4c3)C23CC(C)[C@]1(C)O3. The van der Waals surface area contributed by atoms with Crippen molar-refractivity contribution in [3.05, 3.63) is 104 Å².